The molecule has 0 aliphatic heterocycles. The van der Waals surface area contributed by atoms with Crippen LogP contribution in [0.25, 0.3) is 21.1 Å². The molecule has 0 aliphatic rings. The van der Waals surface area contributed by atoms with E-state index in [1.165, 1.54) is 18.2 Å². The van der Waals surface area contributed by atoms with Crippen LogP contribution in [-0.4, -0.2) is 0 Å². The predicted molar refractivity (Wildman–Crippen MR) is 120 cm³/mol. The fraction of sp³-hybridized carbons (Fsp3) is 0.0769. The minimum absolute atomic E-state index is 0.0395. The molecule has 0 N–H and O–H groups in total. The van der Waals surface area contributed by atoms with Crippen molar-refractivity contribution in [3.8, 4) is 35.1 Å². The van der Waals surface area contributed by atoms with Crippen molar-refractivity contribution in [2.45, 2.75) is 13.1 Å². The zero-order chi connectivity index (χ0) is 25.6. The van der Waals surface area contributed by atoms with Crippen LogP contribution in [0.15, 0.2) is 60.7 Å². The number of nitrogens with zero attached hydrogens (tertiary/aromatic N) is 4. The summed E-state index contributed by atoms with van der Waals surface area (Å²) in [6.45, 7) is 16.5. The fourth-order valence-electron chi connectivity index (χ4n) is 3.01. The third kappa shape index (κ3) is 5.57. The molecule has 0 radical (unpaired) electrons. The van der Waals surface area contributed by atoms with Gasteiger partial charge in [0.15, 0.2) is 0 Å². The minimum Gasteiger partial charge on any atom is -0.458 e. The van der Waals surface area contributed by atoms with Crippen LogP contribution in [0, 0.1) is 42.7 Å². The summed E-state index contributed by atoms with van der Waals surface area (Å²) in [5.41, 5.74) is -0.829. The Hall–Kier alpha value is -5.25. The quantitative estimate of drug-likeness (QED) is 0.459. The van der Waals surface area contributed by atoms with Crippen molar-refractivity contribution >= 4 is 11.4 Å². The van der Waals surface area contributed by atoms with Crippen molar-refractivity contribution in [2.24, 2.45) is 0 Å². The van der Waals surface area contributed by atoms with Gasteiger partial charge in [0.1, 0.15) is 23.0 Å². The lowest BCUT2D eigenvalue weighted by atomic mass is 10.1. The van der Waals surface area contributed by atoms with Crippen LogP contribution in [-0.2, 0) is 6.18 Å². The van der Waals surface area contributed by atoms with Crippen molar-refractivity contribution in [1.82, 2.24) is 0 Å². The summed E-state index contributed by atoms with van der Waals surface area (Å²) in [6, 6.07) is 16.8. The Morgan fingerprint density at radius 1 is 0.829 bits per heavy atom. The number of hydrogen-bond acceptors (Lipinski definition) is 4. The SMILES string of the molecule is [C-]#[N+]/C(C#N)=c1/cc(Oc2ccc(C)cc2)/c(=C(\C#N)[N+]#[C-])c(Oc2cccc(C(F)(F)F)c2)c1. The lowest BCUT2D eigenvalue weighted by molar-refractivity contribution is -0.137. The molecule has 0 amide bonds. The van der Waals surface area contributed by atoms with Gasteiger partial charge in [-0.25, -0.2) is 20.2 Å². The molecule has 0 saturated carbocycles. The van der Waals surface area contributed by atoms with E-state index in [0.717, 1.165) is 23.8 Å². The van der Waals surface area contributed by atoms with Crippen LogP contribution in [0.1, 0.15) is 11.1 Å². The molecule has 0 heterocycles. The number of aryl methyl sites for hydroxylation is 1. The second kappa shape index (κ2) is 10.1. The maximum atomic E-state index is 13.2. The van der Waals surface area contributed by atoms with Crippen LogP contribution < -0.4 is 19.9 Å². The summed E-state index contributed by atoms with van der Waals surface area (Å²) < 4.78 is 51.1. The van der Waals surface area contributed by atoms with Crippen LogP contribution in [0.5, 0.6) is 23.0 Å². The van der Waals surface area contributed by atoms with Gasteiger partial charge in [-0.1, -0.05) is 23.8 Å². The first-order chi connectivity index (χ1) is 16.7. The predicted octanol–water partition coefficient (Wildman–Crippen LogP) is 5.70. The van der Waals surface area contributed by atoms with Gasteiger partial charge in [0.2, 0.25) is 0 Å². The molecule has 3 aromatic rings. The first-order valence-corrected chi connectivity index (χ1v) is 9.77. The van der Waals surface area contributed by atoms with E-state index in [9.17, 15) is 23.7 Å². The molecule has 0 saturated heterocycles. The van der Waals surface area contributed by atoms with E-state index in [4.69, 9.17) is 22.6 Å². The zero-order valence-corrected chi connectivity index (χ0v) is 18.0. The summed E-state index contributed by atoms with van der Waals surface area (Å²) in [7, 11) is 0. The van der Waals surface area contributed by atoms with Crippen LogP contribution in [0.3, 0.4) is 0 Å². The Balaban J connectivity index is 2.36. The summed E-state index contributed by atoms with van der Waals surface area (Å²) in [4.78, 5) is 6.36. The van der Waals surface area contributed by atoms with Crippen molar-refractivity contribution < 1.29 is 22.6 Å². The van der Waals surface area contributed by atoms with E-state index >= 15 is 0 Å². The molecule has 9 heteroatoms. The molecule has 6 nitrogen and oxygen atoms in total. The molecule has 3 aromatic carbocycles. The van der Waals surface area contributed by atoms with E-state index in [2.05, 4.69) is 9.69 Å². The van der Waals surface area contributed by atoms with E-state index in [1.54, 1.807) is 36.4 Å². The lowest BCUT2D eigenvalue weighted by Crippen LogP contribution is -2.18. The van der Waals surface area contributed by atoms with Crippen LogP contribution >= 0.6 is 0 Å². The molecule has 0 bridgehead atoms. The van der Waals surface area contributed by atoms with Gasteiger partial charge in [0.25, 0.3) is 11.4 Å². The van der Waals surface area contributed by atoms with Gasteiger partial charge in [0, 0.05) is 0 Å². The third-order valence-electron chi connectivity index (χ3n) is 4.65. The average molecular weight is 470 g/mol. The van der Waals surface area contributed by atoms with E-state index in [-0.39, 0.29) is 33.4 Å². The van der Waals surface area contributed by atoms with Gasteiger partial charge >= 0.3 is 6.18 Å². The number of halogens is 3. The highest BCUT2D eigenvalue weighted by atomic mass is 19.4. The minimum atomic E-state index is -4.63. The molecule has 0 aliphatic carbocycles. The number of alkyl halides is 3. The van der Waals surface area contributed by atoms with Gasteiger partial charge in [-0.3, -0.25) is 0 Å². The highest BCUT2D eigenvalue weighted by Gasteiger charge is 2.30. The first-order valence-electron chi connectivity index (χ1n) is 9.77. The molecule has 0 spiro atoms. The van der Waals surface area contributed by atoms with Gasteiger partial charge in [-0.05, 0) is 54.6 Å². The largest absolute Gasteiger partial charge is 0.458 e. The van der Waals surface area contributed by atoms with Crippen molar-refractivity contribution in [1.29, 1.82) is 10.5 Å². The fourth-order valence-corrected chi connectivity index (χ4v) is 3.01. The van der Waals surface area contributed by atoms with Crippen molar-refractivity contribution in [3.05, 3.63) is 105 Å². The molecule has 3 rings (SSSR count). The van der Waals surface area contributed by atoms with E-state index in [1.807, 2.05) is 6.92 Å². The number of nitriles is 2. The van der Waals surface area contributed by atoms with Gasteiger partial charge in [0.05, 0.1) is 36.1 Å². The number of ether oxygens (including phenoxy) is 2. The Morgan fingerprint density at radius 2 is 1.40 bits per heavy atom. The molecule has 0 unspecified atom stereocenters. The van der Waals surface area contributed by atoms with Crippen LogP contribution in [0.4, 0.5) is 13.2 Å². The zero-order valence-electron chi connectivity index (χ0n) is 18.0. The molecule has 170 valence electrons. The molecule has 35 heavy (non-hydrogen) atoms. The summed E-state index contributed by atoms with van der Waals surface area (Å²) in [6.07, 6.45) is -4.63. The topological polar surface area (TPSA) is 74.8 Å². The lowest BCUT2D eigenvalue weighted by Gasteiger charge is -2.14. The molecular weight excluding hydrogens is 457 g/mol. The van der Waals surface area contributed by atoms with Gasteiger partial charge < -0.3 is 9.47 Å². The molecule has 0 aromatic heterocycles. The smallest absolute Gasteiger partial charge is 0.416 e. The third-order valence-corrected chi connectivity index (χ3v) is 4.65. The van der Waals surface area contributed by atoms with Gasteiger partial charge in [-0.2, -0.15) is 13.2 Å². The summed E-state index contributed by atoms with van der Waals surface area (Å²) in [5, 5.41) is 18.8. The van der Waals surface area contributed by atoms with Crippen LogP contribution in [0.2, 0.25) is 0 Å². The van der Waals surface area contributed by atoms with E-state index in [0.29, 0.717) is 5.75 Å². The number of rotatable bonds is 4. The second-order valence-corrected chi connectivity index (χ2v) is 7.03. The Labute approximate surface area is 198 Å². The Kier molecular flexibility index (Phi) is 7.06. The normalized spacial score (nSPS) is 12.2. The Morgan fingerprint density at radius 3 is 1.91 bits per heavy atom. The summed E-state index contributed by atoms with van der Waals surface area (Å²) in [5.74, 6) is -0.226. The van der Waals surface area contributed by atoms with E-state index < -0.39 is 17.4 Å². The molecule has 0 fully saturated rings. The standard InChI is InChI=1S/C26H13F3N4O2/c1-16-7-9-19(10-8-16)34-23-11-17(21(14-30)32-2)12-24(25(23)22(15-31)33-3)35-20-6-4-5-18(13-20)26(27,28)29/h4-13H,1H3/b21-17-,25-22-. The highest BCUT2D eigenvalue weighted by molar-refractivity contribution is 5.72. The second-order valence-electron chi connectivity index (χ2n) is 7.03. The number of benzene rings is 3. The average Bonchev–Trinajstić information content (AvgIpc) is 2.83. The molecular formula is C26H13F3N4O2. The Bertz CT molecular complexity index is 1550. The van der Waals surface area contributed by atoms with Gasteiger partial charge in [-0.15, -0.1) is 0 Å². The molecule has 0 atom stereocenters. The first kappa shape index (κ1) is 24.4. The maximum absolute atomic E-state index is 13.2. The maximum Gasteiger partial charge on any atom is 0.416 e. The highest BCUT2D eigenvalue weighted by Crippen LogP contribution is 2.32. The number of hydrogen-bond donors (Lipinski definition) is 0. The van der Waals surface area contributed by atoms with Crippen molar-refractivity contribution in [3.63, 3.8) is 0 Å². The van der Waals surface area contributed by atoms with Crippen molar-refractivity contribution in [2.75, 3.05) is 0 Å². The summed E-state index contributed by atoms with van der Waals surface area (Å²) >= 11 is 0. The monoisotopic (exact) mass is 470 g/mol.